The molecule has 1 fully saturated rings. The minimum absolute atomic E-state index is 0.280. The lowest BCUT2D eigenvalue weighted by Gasteiger charge is -2.23. The molecule has 1 aliphatic rings. The van der Waals surface area contributed by atoms with Gasteiger partial charge in [-0.2, -0.15) is 0 Å². The van der Waals surface area contributed by atoms with Crippen LogP contribution in [0.25, 0.3) is 0 Å². The molecule has 98 valence electrons. The summed E-state index contributed by atoms with van der Waals surface area (Å²) in [6, 6.07) is -0.280. The summed E-state index contributed by atoms with van der Waals surface area (Å²) in [5, 5.41) is 5.71. The molecule has 17 heavy (non-hydrogen) atoms. The van der Waals surface area contributed by atoms with Gasteiger partial charge in [0.2, 0.25) is 0 Å². The Labute approximate surface area is 101 Å². The first-order valence-corrected chi connectivity index (χ1v) is 5.61. The van der Waals surface area contributed by atoms with Crippen LogP contribution in [0.1, 0.15) is 20.8 Å². The summed E-state index contributed by atoms with van der Waals surface area (Å²) in [7, 11) is 1.34. The van der Waals surface area contributed by atoms with Gasteiger partial charge >= 0.3 is 12.1 Å². The highest BCUT2D eigenvalue weighted by Crippen LogP contribution is 2.12. The SMILES string of the molecule is COC(=O)[C@@H]1CNC[C@@H]1NC(=O)OC(C)(C)C. The van der Waals surface area contributed by atoms with E-state index in [9.17, 15) is 9.59 Å². The monoisotopic (exact) mass is 244 g/mol. The number of hydrogen-bond donors (Lipinski definition) is 2. The van der Waals surface area contributed by atoms with Crippen molar-refractivity contribution in [1.29, 1.82) is 0 Å². The molecule has 1 rings (SSSR count). The second-order valence-electron chi connectivity index (χ2n) is 5.04. The molecular weight excluding hydrogens is 224 g/mol. The minimum atomic E-state index is -0.545. The van der Waals surface area contributed by atoms with Crippen molar-refractivity contribution in [2.45, 2.75) is 32.4 Å². The summed E-state index contributed by atoms with van der Waals surface area (Å²) in [6.45, 7) is 6.41. The third kappa shape index (κ3) is 4.22. The van der Waals surface area contributed by atoms with Gasteiger partial charge in [0, 0.05) is 13.1 Å². The Hall–Kier alpha value is -1.30. The fraction of sp³-hybridized carbons (Fsp3) is 0.818. The molecule has 0 bridgehead atoms. The Morgan fingerprint density at radius 3 is 2.47 bits per heavy atom. The molecule has 0 radical (unpaired) electrons. The fourth-order valence-electron chi connectivity index (χ4n) is 1.69. The first-order valence-electron chi connectivity index (χ1n) is 5.61. The Balaban J connectivity index is 2.50. The standard InChI is InChI=1S/C11H20N2O4/c1-11(2,3)17-10(15)13-8-6-12-5-7(8)9(14)16-4/h7-8,12H,5-6H2,1-4H3,(H,13,15)/t7-,8+/m1/s1. The lowest BCUT2D eigenvalue weighted by atomic mass is 10.0. The van der Waals surface area contributed by atoms with E-state index in [1.807, 2.05) is 0 Å². The highest BCUT2D eigenvalue weighted by atomic mass is 16.6. The molecule has 0 aliphatic carbocycles. The summed E-state index contributed by atoms with van der Waals surface area (Å²) < 4.78 is 9.81. The molecule has 0 saturated carbocycles. The lowest BCUT2D eigenvalue weighted by molar-refractivity contribution is -0.145. The molecular formula is C11H20N2O4. The van der Waals surface area contributed by atoms with Gasteiger partial charge in [-0.3, -0.25) is 4.79 Å². The largest absolute Gasteiger partial charge is 0.469 e. The molecule has 6 heteroatoms. The van der Waals surface area contributed by atoms with Gasteiger partial charge in [0.1, 0.15) is 5.60 Å². The van der Waals surface area contributed by atoms with Crippen molar-refractivity contribution >= 4 is 12.1 Å². The summed E-state index contributed by atoms with van der Waals surface area (Å²) in [6.07, 6.45) is -0.514. The maximum atomic E-state index is 11.6. The number of rotatable bonds is 2. The first kappa shape index (κ1) is 13.8. The van der Waals surface area contributed by atoms with Crippen molar-refractivity contribution in [1.82, 2.24) is 10.6 Å². The second-order valence-corrected chi connectivity index (χ2v) is 5.04. The van der Waals surface area contributed by atoms with Crippen LogP contribution < -0.4 is 10.6 Å². The molecule has 1 heterocycles. The van der Waals surface area contributed by atoms with Crippen molar-refractivity contribution in [2.75, 3.05) is 20.2 Å². The number of ether oxygens (including phenoxy) is 2. The van der Waals surface area contributed by atoms with Gasteiger partial charge in [-0.25, -0.2) is 4.79 Å². The predicted molar refractivity (Wildman–Crippen MR) is 61.5 cm³/mol. The zero-order valence-corrected chi connectivity index (χ0v) is 10.7. The van der Waals surface area contributed by atoms with Crippen molar-refractivity contribution < 1.29 is 19.1 Å². The fourth-order valence-corrected chi connectivity index (χ4v) is 1.69. The van der Waals surface area contributed by atoms with Crippen molar-refractivity contribution in [3.63, 3.8) is 0 Å². The molecule has 1 saturated heterocycles. The number of carbonyl (C=O) groups is 2. The number of carbonyl (C=O) groups excluding carboxylic acids is 2. The van der Waals surface area contributed by atoms with E-state index in [4.69, 9.17) is 4.74 Å². The van der Waals surface area contributed by atoms with Crippen LogP contribution in [0.3, 0.4) is 0 Å². The maximum Gasteiger partial charge on any atom is 0.407 e. The van der Waals surface area contributed by atoms with E-state index in [0.29, 0.717) is 13.1 Å². The molecule has 6 nitrogen and oxygen atoms in total. The smallest absolute Gasteiger partial charge is 0.407 e. The van der Waals surface area contributed by atoms with Gasteiger partial charge in [0.05, 0.1) is 19.1 Å². The average molecular weight is 244 g/mol. The van der Waals surface area contributed by atoms with Crippen molar-refractivity contribution in [3.8, 4) is 0 Å². The van der Waals surface area contributed by atoms with Gasteiger partial charge in [-0.15, -0.1) is 0 Å². The Morgan fingerprint density at radius 2 is 1.94 bits per heavy atom. The van der Waals surface area contributed by atoms with Gasteiger partial charge in [-0.05, 0) is 20.8 Å². The number of esters is 1. The zero-order valence-electron chi connectivity index (χ0n) is 10.7. The Kier molecular flexibility index (Phi) is 4.34. The van der Waals surface area contributed by atoms with E-state index in [2.05, 4.69) is 15.4 Å². The van der Waals surface area contributed by atoms with Crippen LogP contribution in [0.5, 0.6) is 0 Å². The topological polar surface area (TPSA) is 76.7 Å². The molecule has 0 aromatic rings. The van der Waals surface area contributed by atoms with E-state index in [1.165, 1.54) is 7.11 Å². The Morgan fingerprint density at radius 1 is 1.29 bits per heavy atom. The molecule has 0 aromatic carbocycles. The number of alkyl carbamates (subject to hydrolysis) is 1. The summed E-state index contributed by atoms with van der Waals surface area (Å²) in [5.41, 5.74) is -0.545. The normalized spacial score (nSPS) is 24.2. The molecule has 2 N–H and O–H groups in total. The lowest BCUT2D eigenvalue weighted by Crippen LogP contribution is -2.45. The van der Waals surface area contributed by atoms with Gasteiger partial charge in [0.15, 0.2) is 0 Å². The van der Waals surface area contributed by atoms with Gasteiger partial charge < -0.3 is 20.1 Å². The van der Waals surface area contributed by atoms with E-state index in [-0.39, 0.29) is 17.9 Å². The number of methoxy groups -OCH3 is 1. The molecule has 1 amide bonds. The van der Waals surface area contributed by atoms with Crippen LogP contribution in [0.15, 0.2) is 0 Å². The minimum Gasteiger partial charge on any atom is -0.469 e. The van der Waals surface area contributed by atoms with Gasteiger partial charge in [-0.1, -0.05) is 0 Å². The molecule has 0 spiro atoms. The second kappa shape index (κ2) is 5.35. The highest BCUT2D eigenvalue weighted by molar-refractivity contribution is 5.76. The average Bonchev–Trinajstić information content (AvgIpc) is 2.61. The van der Waals surface area contributed by atoms with E-state index in [1.54, 1.807) is 20.8 Å². The van der Waals surface area contributed by atoms with Crippen LogP contribution in [-0.2, 0) is 14.3 Å². The maximum absolute atomic E-state index is 11.6. The quantitative estimate of drug-likeness (QED) is 0.682. The van der Waals surface area contributed by atoms with Crippen LogP contribution in [-0.4, -0.2) is 43.9 Å². The molecule has 1 aliphatic heterocycles. The van der Waals surface area contributed by atoms with Crippen LogP contribution >= 0.6 is 0 Å². The first-order chi connectivity index (χ1) is 7.83. The molecule has 0 unspecified atom stereocenters. The van der Waals surface area contributed by atoms with Gasteiger partial charge in [0.25, 0.3) is 0 Å². The van der Waals surface area contributed by atoms with Crippen molar-refractivity contribution in [2.24, 2.45) is 5.92 Å². The van der Waals surface area contributed by atoms with E-state index in [0.717, 1.165) is 0 Å². The molecule has 0 aromatic heterocycles. The number of nitrogens with one attached hydrogen (secondary N) is 2. The van der Waals surface area contributed by atoms with Crippen LogP contribution in [0, 0.1) is 5.92 Å². The highest BCUT2D eigenvalue weighted by Gasteiger charge is 2.35. The molecule has 2 atom stereocenters. The summed E-state index contributed by atoms with van der Waals surface area (Å²) in [4.78, 5) is 23.0. The van der Waals surface area contributed by atoms with Crippen LogP contribution in [0.2, 0.25) is 0 Å². The zero-order chi connectivity index (χ0) is 13.1. The summed E-state index contributed by atoms with van der Waals surface area (Å²) >= 11 is 0. The summed E-state index contributed by atoms with van der Waals surface area (Å²) in [5.74, 6) is -0.677. The number of hydrogen-bond acceptors (Lipinski definition) is 5. The predicted octanol–water partition coefficient (Wildman–Crippen LogP) is 0.272. The third-order valence-electron chi connectivity index (χ3n) is 2.42. The Bertz CT molecular complexity index is 298. The van der Waals surface area contributed by atoms with E-state index < -0.39 is 11.7 Å². The van der Waals surface area contributed by atoms with Crippen LogP contribution in [0.4, 0.5) is 4.79 Å². The third-order valence-corrected chi connectivity index (χ3v) is 2.42. The van der Waals surface area contributed by atoms with Crippen molar-refractivity contribution in [3.05, 3.63) is 0 Å². The van der Waals surface area contributed by atoms with E-state index >= 15 is 0 Å². The number of amides is 1.